The van der Waals surface area contributed by atoms with E-state index in [1.54, 1.807) is 0 Å². The van der Waals surface area contributed by atoms with Crippen molar-refractivity contribution in [3.05, 3.63) is 0 Å². The zero-order valence-corrected chi connectivity index (χ0v) is 7.92. The van der Waals surface area contributed by atoms with Gasteiger partial charge in [0, 0.05) is 6.42 Å². The Morgan fingerprint density at radius 1 is 1.27 bits per heavy atom. The smallest absolute Gasteiger partial charge is 0.217 e. The fraction of sp³-hybridized carbons (Fsp3) is 0.889. The Bertz CT molecular complexity index is 132. The van der Waals surface area contributed by atoms with Crippen LogP contribution in [0.1, 0.15) is 34.1 Å². The molecule has 66 valence electrons. The van der Waals surface area contributed by atoms with Gasteiger partial charge >= 0.3 is 0 Å². The Labute approximate surface area is 69.2 Å². The SMILES string of the molecule is CC(C)C(C)C(C)CC(N)=O. The minimum Gasteiger partial charge on any atom is -0.370 e. The molecule has 0 aliphatic heterocycles. The molecular formula is C9H19NO. The fourth-order valence-corrected chi connectivity index (χ4v) is 1.16. The third-order valence-electron chi connectivity index (χ3n) is 2.47. The van der Waals surface area contributed by atoms with E-state index in [1.807, 2.05) is 0 Å². The summed E-state index contributed by atoms with van der Waals surface area (Å²) in [5, 5.41) is 0. The van der Waals surface area contributed by atoms with Crippen LogP contribution in [0.4, 0.5) is 0 Å². The minimum absolute atomic E-state index is 0.190. The second kappa shape index (κ2) is 4.37. The number of carbonyl (C=O) groups is 1. The van der Waals surface area contributed by atoms with Crippen LogP contribution < -0.4 is 5.73 Å². The predicted molar refractivity (Wildman–Crippen MR) is 47.0 cm³/mol. The average molecular weight is 157 g/mol. The quantitative estimate of drug-likeness (QED) is 0.664. The van der Waals surface area contributed by atoms with Crippen LogP contribution in [0.3, 0.4) is 0 Å². The van der Waals surface area contributed by atoms with Gasteiger partial charge in [-0.15, -0.1) is 0 Å². The van der Waals surface area contributed by atoms with Gasteiger partial charge in [-0.2, -0.15) is 0 Å². The standard InChI is InChI=1S/C9H19NO/c1-6(2)8(4)7(3)5-9(10)11/h6-8H,5H2,1-4H3,(H2,10,11). The zero-order valence-electron chi connectivity index (χ0n) is 7.92. The number of amides is 1. The molecule has 0 aromatic carbocycles. The number of primary amides is 1. The van der Waals surface area contributed by atoms with Gasteiger partial charge in [-0.05, 0) is 17.8 Å². The van der Waals surface area contributed by atoms with Crippen LogP contribution in [0.5, 0.6) is 0 Å². The van der Waals surface area contributed by atoms with E-state index < -0.39 is 0 Å². The van der Waals surface area contributed by atoms with Gasteiger partial charge in [-0.25, -0.2) is 0 Å². The van der Waals surface area contributed by atoms with Gasteiger partial charge in [0.2, 0.25) is 5.91 Å². The second-order valence-electron chi connectivity index (χ2n) is 3.75. The van der Waals surface area contributed by atoms with Crippen molar-refractivity contribution in [3.63, 3.8) is 0 Å². The number of hydrogen-bond acceptors (Lipinski definition) is 1. The summed E-state index contributed by atoms with van der Waals surface area (Å²) < 4.78 is 0. The topological polar surface area (TPSA) is 43.1 Å². The molecule has 0 aromatic heterocycles. The first kappa shape index (κ1) is 10.5. The highest BCUT2D eigenvalue weighted by Crippen LogP contribution is 2.22. The first-order valence-electron chi connectivity index (χ1n) is 4.23. The first-order chi connectivity index (χ1) is 4.95. The van der Waals surface area contributed by atoms with Crippen LogP contribution >= 0.6 is 0 Å². The summed E-state index contributed by atoms with van der Waals surface area (Å²) in [4.78, 5) is 10.6. The summed E-state index contributed by atoms with van der Waals surface area (Å²) in [7, 11) is 0. The maximum Gasteiger partial charge on any atom is 0.217 e. The summed E-state index contributed by atoms with van der Waals surface area (Å²) in [6.07, 6.45) is 0.513. The Kier molecular flexibility index (Phi) is 4.16. The normalized spacial score (nSPS) is 16.5. The molecule has 2 heteroatoms. The number of nitrogens with two attached hydrogens (primary N) is 1. The van der Waals surface area contributed by atoms with Crippen molar-refractivity contribution in [2.45, 2.75) is 34.1 Å². The lowest BCUT2D eigenvalue weighted by molar-refractivity contribution is -0.119. The highest BCUT2D eigenvalue weighted by Gasteiger charge is 2.16. The molecule has 0 spiro atoms. The first-order valence-corrected chi connectivity index (χ1v) is 4.23. The molecule has 0 saturated heterocycles. The summed E-state index contributed by atoms with van der Waals surface area (Å²) in [6.45, 7) is 8.58. The van der Waals surface area contributed by atoms with E-state index in [-0.39, 0.29) is 5.91 Å². The van der Waals surface area contributed by atoms with Gasteiger partial charge in [-0.3, -0.25) is 4.79 Å². The highest BCUT2D eigenvalue weighted by atomic mass is 16.1. The van der Waals surface area contributed by atoms with Crippen molar-refractivity contribution in [1.82, 2.24) is 0 Å². The van der Waals surface area contributed by atoms with Gasteiger partial charge in [-0.1, -0.05) is 27.7 Å². The molecule has 0 bridgehead atoms. The lowest BCUT2D eigenvalue weighted by Crippen LogP contribution is -2.21. The molecule has 0 heterocycles. The molecule has 0 fully saturated rings. The molecular weight excluding hydrogens is 138 g/mol. The maximum atomic E-state index is 10.6. The summed E-state index contributed by atoms with van der Waals surface area (Å²) in [5.41, 5.74) is 5.09. The van der Waals surface area contributed by atoms with E-state index >= 15 is 0 Å². The molecule has 11 heavy (non-hydrogen) atoms. The zero-order chi connectivity index (χ0) is 9.02. The Morgan fingerprint density at radius 2 is 1.73 bits per heavy atom. The van der Waals surface area contributed by atoms with Gasteiger partial charge in [0.05, 0.1) is 0 Å². The van der Waals surface area contributed by atoms with Crippen LogP contribution in [-0.4, -0.2) is 5.91 Å². The van der Waals surface area contributed by atoms with Crippen LogP contribution in [0.25, 0.3) is 0 Å². The Balaban J connectivity index is 3.82. The van der Waals surface area contributed by atoms with Crippen molar-refractivity contribution < 1.29 is 4.79 Å². The van der Waals surface area contributed by atoms with E-state index in [0.717, 1.165) is 0 Å². The van der Waals surface area contributed by atoms with E-state index in [0.29, 0.717) is 24.2 Å². The monoisotopic (exact) mass is 157 g/mol. The lowest BCUT2D eigenvalue weighted by Gasteiger charge is -2.21. The summed E-state index contributed by atoms with van der Waals surface area (Å²) >= 11 is 0. The average Bonchev–Trinajstić information content (AvgIpc) is 1.84. The van der Waals surface area contributed by atoms with Gasteiger partial charge in [0.1, 0.15) is 0 Å². The van der Waals surface area contributed by atoms with E-state index in [4.69, 9.17) is 5.73 Å². The van der Waals surface area contributed by atoms with Gasteiger partial charge in [0.15, 0.2) is 0 Å². The molecule has 2 atom stereocenters. The molecule has 0 aliphatic rings. The fourth-order valence-electron chi connectivity index (χ4n) is 1.16. The van der Waals surface area contributed by atoms with Crippen LogP contribution in [0.15, 0.2) is 0 Å². The van der Waals surface area contributed by atoms with Gasteiger partial charge in [0.25, 0.3) is 0 Å². The predicted octanol–water partition coefficient (Wildman–Crippen LogP) is 1.79. The van der Waals surface area contributed by atoms with Crippen molar-refractivity contribution in [2.24, 2.45) is 23.5 Å². The summed E-state index contributed by atoms with van der Waals surface area (Å²) in [5.74, 6) is 1.42. The third-order valence-corrected chi connectivity index (χ3v) is 2.47. The van der Waals surface area contributed by atoms with E-state index in [2.05, 4.69) is 27.7 Å². The van der Waals surface area contributed by atoms with Crippen molar-refractivity contribution >= 4 is 5.91 Å². The van der Waals surface area contributed by atoms with Crippen molar-refractivity contribution in [3.8, 4) is 0 Å². The number of hydrogen-bond donors (Lipinski definition) is 1. The summed E-state index contributed by atoms with van der Waals surface area (Å²) in [6, 6.07) is 0. The molecule has 2 unspecified atom stereocenters. The Morgan fingerprint density at radius 3 is 2.00 bits per heavy atom. The lowest BCUT2D eigenvalue weighted by atomic mass is 9.84. The largest absolute Gasteiger partial charge is 0.370 e. The van der Waals surface area contributed by atoms with Crippen molar-refractivity contribution in [2.75, 3.05) is 0 Å². The molecule has 0 aliphatic carbocycles. The highest BCUT2D eigenvalue weighted by molar-refractivity contribution is 5.73. The van der Waals surface area contributed by atoms with Crippen LogP contribution in [0.2, 0.25) is 0 Å². The molecule has 2 N–H and O–H groups in total. The molecule has 0 aromatic rings. The van der Waals surface area contributed by atoms with E-state index in [1.165, 1.54) is 0 Å². The molecule has 1 amide bonds. The molecule has 0 radical (unpaired) electrons. The molecule has 2 nitrogen and oxygen atoms in total. The van der Waals surface area contributed by atoms with Gasteiger partial charge < -0.3 is 5.73 Å². The van der Waals surface area contributed by atoms with Crippen LogP contribution in [0, 0.1) is 17.8 Å². The number of carbonyl (C=O) groups excluding carboxylic acids is 1. The molecule has 0 saturated carbocycles. The van der Waals surface area contributed by atoms with Crippen molar-refractivity contribution in [1.29, 1.82) is 0 Å². The number of rotatable bonds is 4. The minimum atomic E-state index is -0.190. The maximum absolute atomic E-state index is 10.6. The molecule has 0 rings (SSSR count). The second-order valence-corrected chi connectivity index (χ2v) is 3.75. The third kappa shape index (κ3) is 4.02. The van der Waals surface area contributed by atoms with Crippen LogP contribution in [-0.2, 0) is 4.79 Å². The Hall–Kier alpha value is -0.530. The van der Waals surface area contributed by atoms with E-state index in [9.17, 15) is 4.79 Å².